The van der Waals surface area contributed by atoms with Gasteiger partial charge in [0, 0.05) is 17.4 Å². The van der Waals surface area contributed by atoms with Crippen molar-refractivity contribution in [2.24, 2.45) is 0 Å². The van der Waals surface area contributed by atoms with Crippen molar-refractivity contribution in [1.82, 2.24) is 4.98 Å². The molecular weight excluding hydrogens is 232 g/mol. The Kier molecular flexibility index (Phi) is 3.74. The highest BCUT2D eigenvalue weighted by molar-refractivity contribution is 6.30. The zero-order chi connectivity index (χ0) is 12.1. The first kappa shape index (κ1) is 11.6. The van der Waals surface area contributed by atoms with Crippen LogP contribution in [0.2, 0.25) is 5.02 Å². The largest absolute Gasteiger partial charge is 0.265 e. The Morgan fingerprint density at radius 3 is 2.65 bits per heavy atom. The molecular formula is C14H11ClN2. The lowest BCUT2D eigenvalue weighted by molar-refractivity contribution is 0.847. The molecule has 2 nitrogen and oxygen atoms in total. The second kappa shape index (κ2) is 5.47. The van der Waals surface area contributed by atoms with E-state index in [1.165, 1.54) is 0 Å². The van der Waals surface area contributed by atoms with Gasteiger partial charge in [0.15, 0.2) is 0 Å². The van der Waals surface area contributed by atoms with Crippen molar-refractivity contribution >= 4 is 11.6 Å². The minimum atomic E-state index is -0.170. The first-order chi connectivity index (χ1) is 8.29. The van der Waals surface area contributed by atoms with Gasteiger partial charge in [-0.2, -0.15) is 5.26 Å². The number of halogens is 1. The van der Waals surface area contributed by atoms with Gasteiger partial charge < -0.3 is 0 Å². The number of hydrogen-bond acceptors (Lipinski definition) is 2. The minimum absolute atomic E-state index is 0.170. The summed E-state index contributed by atoms with van der Waals surface area (Å²) in [5, 5.41) is 9.89. The summed E-state index contributed by atoms with van der Waals surface area (Å²) >= 11 is 5.93. The monoisotopic (exact) mass is 242 g/mol. The van der Waals surface area contributed by atoms with Crippen LogP contribution < -0.4 is 0 Å². The molecule has 0 amide bonds. The second-order valence-corrected chi connectivity index (χ2v) is 4.23. The van der Waals surface area contributed by atoms with Gasteiger partial charge in [0.05, 0.1) is 12.0 Å². The van der Waals surface area contributed by atoms with Crippen molar-refractivity contribution in [3.8, 4) is 6.07 Å². The van der Waals surface area contributed by atoms with Crippen molar-refractivity contribution in [2.75, 3.05) is 0 Å². The maximum atomic E-state index is 9.22. The summed E-state index contributed by atoms with van der Waals surface area (Å²) in [7, 11) is 0. The molecule has 2 rings (SSSR count). The highest BCUT2D eigenvalue weighted by Crippen LogP contribution is 2.22. The molecule has 1 aromatic heterocycles. The number of benzene rings is 1. The predicted molar refractivity (Wildman–Crippen MR) is 67.7 cm³/mol. The fourth-order valence-electron chi connectivity index (χ4n) is 1.72. The molecule has 0 saturated heterocycles. The third-order valence-corrected chi connectivity index (χ3v) is 2.83. The summed E-state index contributed by atoms with van der Waals surface area (Å²) in [4.78, 5) is 3.96. The van der Waals surface area contributed by atoms with Gasteiger partial charge in [-0.15, -0.1) is 0 Å². The molecule has 0 aliphatic heterocycles. The Morgan fingerprint density at radius 2 is 2.00 bits per heavy atom. The molecule has 0 N–H and O–H groups in total. The zero-order valence-electron chi connectivity index (χ0n) is 9.18. The molecule has 0 aliphatic carbocycles. The van der Waals surface area contributed by atoms with Gasteiger partial charge in [-0.1, -0.05) is 23.7 Å². The third kappa shape index (κ3) is 3.05. The lowest BCUT2D eigenvalue weighted by atomic mass is 9.94. The molecule has 1 atom stereocenters. The molecule has 1 heterocycles. The first-order valence-corrected chi connectivity index (χ1v) is 5.71. The molecule has 0 spiro atoms. The van der Waals surface area contributed by atoms with Crippen LogP contribution >= 0.6 is 11.6 Å². The highest BCUT2D eigenvalue weighted by Gasteiger charge is 2.11. The van der Waals surface area contributed by atoms with Crippen LogP contribution in [0.5, 0.6) is 0 Å². The molecule has 0 fully saturated rings. The van der Waals surface area contributed by atoms with E-state index in [1.807, 2.05) is 36.4 Å². The Labute approximate surface area is 105 Å². The van der Waals surface area contributed by atoms with E-state index in [0.29, 0.717) is 11.4 Å². The van der Waals surface area contributed by atoms with Crippen LogP contribution in [0.4, 0.5) is 0 Å². The van der Waals surface area contributed by atoms with Gasteiger partial charge in [-0.3, -0.25) is 4.98 Å². The quantitative estimate of drug-likeness (QED) is 0.825. The molecule has 0 saturated carbocycles. The predicted octanol–water partition coefficient (Wildman–Crippen LogP) is 3.58. The average Bonchev–Trinajstić information content (AvgIpc) is 2.37. The Balaban J connectivity index is 2.21. The lowest BCUT2D eigenvalue weighted by Crippen LogP contribution is -2.00. The number of rotatable bonds is 3. The Hall–Kier alpha value is -1.85. The number of aromatic nitrogens is 1. The van der Waals surface area contributed by atoms with Crippen LogP contribution in [0, 0.1) is 11.3 Å². The Morgan fingerprint density at radius 1 is 1.24 bits per heavy atom. The molecule has 0 bridgehead atoms. The molecule has 0 aliphatic rings. The number of hydrogen-bond donors (Lipinski definition) is 0. The van der Waals surface area contributed by atoms with Gasteiger partial charge in [0.25, 0.3) is 0 Å². The van der Waals surface area contributed by atoms with Crippen LogP contribution in [-0.2, 0) is 6.42 Å². The van der Waals surface area contributed by atoms with Gasteiger partial charge >= 0.3 is 0 Å². The van der Waals surface area contributed by atoms with Crippen molar-refractivity contribution in [3.63, 3.8) is 0 Å². The molecule has 84 valence electrons. The van der Waals surface area contributed by atoms with Gasteiger partial charge in [-0.25, -0.2) is 0 Å². The van der Waals surface area contributed by atoms with Crippen LogP contribution in [0.15, 0.2) is 48.8 Å². The second-order valence-electron chi connectivity index (χ2n) is 3.80. The average molecular weight is 243 g/mol. The maximum absolute atomic E-state index is 9.22. The molecule has 3 heteroatoms. The van der Waals surface area contributed by atoms with Gasteiger partial charge in [0.1, 0.15) is 0 Å². The third-order valence-electron chi connectivity index (χ3n) is 2.60. The van der Waals surface area contributed by atoms with Crippen LogP contribution in [0.3, 0.4) is 0 Å². The summed E-state index contributed by atoms with van der Waals surface area (Å²) in [5.41, 5.74) is 2.06. The van der Waals surface area contributed by atoms with E-state index in [4.69, 9.17) is 11.6 Å². The van der Waals surface area contributed by atoms with E-state index in [0.717, 1.165) is 11.1 Å². The first-order valence-electron chi connectivity index (χ1n) is 5.33. The van der Waals surface area contributed by atoms with Crippen LogP contribution in [0.25, 0.3) is 0 Å². The SMILES string of the molecule is N#CC(Cc1ccncc1)c1cccc(Cl)c1. The maximum Gasteiger partial charge on any atom is 0.0753 e. The summed E-state index contributed by atoms with van der Waals surface area (Å²) in [6.07, 6.45) is 4.16. The summed E-state index contributed by atoms with van der Waals surface area (Å²) in [5.74, 6) is -0.170. The van der Waals surface area contributed by atoms with Crippen LogP contribution in [-0.4, -0.2) is 4.98 Å². The van der Waals surface area contributed by atoms with E-state index in [1.54, 1.807) is 12.4 Å². The number of nitrogens with zero attached hydrogens (tertiary/aromatic N) is 2. The zero-order valence-corrected chi connectivity index (χ0v) is 9.93. The van der Waals surface area contributed by atoms with Crippen LogP contribution in [0.1, 0.15) is 17.0 Å². The van der Waals surface area contributed by atoms with Crippen molar-refractivity contribution in [1.29, 1.82) is 5.26 Å². The minimum Gasteiger partial charge on any atom is -0.265 e. The summed E-state index contributed by atoms with van der Waals surface area (Å²) in [6.45, 7) is 0. The summed E-state index contributed by atoms with van der Waals surface area (Å²) < 4.78 is 0. The molecule has 1 unspecified atom stereocenters. The topological polar surface area (TPSA) is 36.7 Å². The number of nitriles is 1. The van der Waals surface area contributed by atoms with E-state index in [2.05, 4.69) is 11.1 Å². The molecule has 1 aromatic carbocycles. The fraction of sp³-hybridized carbons (Fsp3) is 0.143. The standard InChI is InChI=1S/C14H11ClN2/c15-14-3-1-2-12(9-14)13(10-16)8-11-4-6-17-7-5-11/h1-7,9,13H,8H2. The lowest BCUT2D eigenvalue weighted by Gasteiger charge is -2.09. The highest BCUT2D eigenvalue weighted by atomic mass is 35.5. The Bertz CT molecular complexity index is 531. The van der Waals surface area contributed by atoms with Crippen molar-refractivity contribution in [2.45, 2.75) is 12.3 Å². The molecule has 0 radical (unpaired) electrons. The van der Waals surface area contributed by atoms with E-state index >= 15 is 0 Å². The van der Waals surface area contributed by atoms with Crippen molar-refractivity contribution in [3.05, 3.63) is 64.9 Å². The smallest absolute Gasteiger partial charge is 0.0753 e. The summed E-state index contributed by atoms with van der Waals surface area (Å²) in [6, 6.07) is 13.6. The normalized spacial score (nSPS) is 11.8. The van der Waals surface area contributed by atoms with Gasteiger partial charge in [-0.05, 0) is 41.8 Å². The number of pyridine rings is 1. The van der Waals surface area contributed by atoms with Gasteiger partial charge in [0.2, 0.25) is 0 Å². The van der Waals surface area contributed by atoms with E-state index in [9.17, 15) is 5.26 Å². The van der Waals surface area contributed by atoms with E-state index in [-0.39, 0.29) is 5.92 Å². The van der Waals surface area contributed by atoms with Crippen molar-refractivity contribution < 1.29 is 0 Å². The fourth-order valence-corrected chi connectivity index (χ4v) is 1.91. The molecule has 17 heavy (non-hydrogen) atoms. The van der Waals surface area contributed by atoms with E-state index < -0.39 is 0 Å². The molecule has 2 aromatic rings.